The van der Waals surface area contributed by atoms with E-state index in [1.165, 1.54) is 25.9 Å². The van der Waals surface area contributed by atoms with Crippen molar-refractivity contribution in [1.82, 2.24) is 10.2 Å². The van der Waals surface area contributed by atoms with Crippen molar-refractivity contribution in [3.8, 4) is 0 Å². The van der Waals surface area contributed by atoms with E-state index in [1.54, 1.807) is 0 Å². The third-order valence-corrected chi connectivity index (χ3v) is 3.43. The summed E-state index contributed by atoms with van der Waals surface area (Å²) in [6.45, 7) is 8.99. The van der Waals surface area contributed by atoms with Crippen LogP contribution in [0.4, 0.5) is 0 Å². The van der Waals surface area contributed by atoms with Crippen LogP contribution in [-0.4, -0.2) is 63.0 Å². The van der Waals surface area contributed by atoms with Gasteiger partial charge in [0.15, 0.2) is 0 Å². The average molecular weight is 228 g/mol. The van der Waals surface area contributed by atoms with Gasteiger partial charge in [0.25, 0.3) is 0 Å². The molecule has 2 heterocycles. The molecule has 0 aromatic rings. The van der Waals surface area contributed by atoms with E-state index in [2.05, 4.69) is 17.1 Å². The van der Waals surface area contributed by atoms with Crippen LogP contribution in [0.2, 0.25) is 0 Å². The first kappa shape index (κ1) is 12.3. The zero-order chi connectivity index (χ0) is 11.2. The van der Waals surface area contributed by atoms with Gasteiger partial charge in [-0.15, -0.1) is 0 Å². The molecule has 0 aromatic heterocycles. The fourth-order valence-corrected chi connectivity index (χ4v) is 2.54. The molecule has 2 saturated heterocycles. The topological polar surface area (TPSA) is 33.7 Å². The van der Waals surface area contributed by atoms with Crippen LogP contribution in [0.5, 0.6) is 0 Å². The first-order chi connectivity index (χ1) is 7.88. The van der Waals surface area contributed by atoms with Crippen LogP contribution < -0.4 is 5.32 Å². The molecule has 2 aliphatic heterocycles. The largest absolute Gasteiger partial charge is 0.376 e. The summed E-state index contributed by atoms with van der Waals surface area (Å²) in [4.78, 5) is 2.51. The van der Waals surface area contributed by atoms with Gasteiger partial charge in [-0.25, -0.2) is 0 Å². The van der Waals surface area contributed by atoms with Gasteiger partial charge in [0, 0.05) is 12.6 Å². The molecule has 0 spiro atoms. The first-order valence-electron chi connectivity index (χ1n) is 6.53. The van der Waals surface area contributed by atoms with Gasteiger partial charge >= 0.3 is 0 Å². The lowest BCUT2D eigenvalue weighted by molar-refractivity contribution is -0.0989. The highest BCUT2D eigenvalue weighted by molar-refractivity contribution is 4.78. The predicted octanol–water partition coefficient (Wildman–Crippen LogP) is 0.476. The molecule has 2 fully saturated rings. The molecule has 1 unspecified atom stereocenters. The predicted molar refractivity (Wildman–Crippen MR) is 63.7 cm³/mol. The third-order valence-electron chi connectivity index (χ3n) is 3.43. The van der Waals surface area contributed by atoms with Gasteiger partial charge in [-0.2, -0.15) is 0 Å². The summed E-state index contributed by atoms with van der Waals surface area (Å²) < 4.78 is 11.1. The molecule has 0 amide bonds. The molecule has 16 heavy (non-hydrogen) atoms. The number of likely N-dealkylation sites (tertiary alicyclic amines) is 1. The molecule has 0 aromatic carbocycles. The van der Waals surface area contributed by atoms with E-state index in [0.29, 0.717) is 6.10 Å². The van der Waals surface area contributed by atoms with E-state index in [4.69, 9.17) is 9.47 Å². The van der Waals surface area contributed by atoms with Gasteiger partial charge in [0.1, 0.15) is 0 Å². The Hall–Kier alpha value is -0.160. The van der Waals surface area contributed by atoms with Crippen molar-refractivity contribution >= 4 is 0 Å². The van der Waals surface area contributed by atoms with E-state index in [9.17, 15) is 0 Å². The van der Waals surface area contributed by atoms with Gasteiger partial charge in [0.05, 0.1) is 25.9 Å². The molecule has 1 atom stereocenters. The summed E-state index contributed by atoms with van der Waals surface area (Å²) >= 11 is 0. The van der Waals surface area contributed by atoms with Gasteiger partial charge in [-0.1, -0.05) is 6.92 Å². The van der Waals surface area contributed by atoms with Crippen molar-refractivity contribution in [2.24, 2.45) is 0 Å². The number of piperidine rings is 1. The molecule has 1 N–H and O–H groups in total. The lowest BCUT2D eigenvalue weighted by atomic mass is 10.0. The Balaban J connectivity index is 1.64. The standard InChI is InChI=1S/C12H24N2O2/c1-2-13-11-3-5-14(6-4-11)9-12-10-15-7-8-16-12/h11-13H,2-10H2,1H3. The number of rotatable bonds is 4. The van der Waals surface area contributed by atoms with E-state index in [0.717, 1.165) is 39.0 Å². The summed E-state index contributed by atoms with van der Waals surface area (Å²) in [6.07, 6.45) is 2.83. The zero-order valence-electron chi connectivity index (χ0n) is 10.3. The maximum Gasteiger partial charge on any atom is 0.0936 e. The fourth-order valence-electron chi connectivity index (χ4n) is 2.54. The molecule has 94 valence electrons. The second-order valence-corrected chi connectivity index (χ2v) is 4.70. The maximum atomic E-state index is 5.67. The Morgan fingerprint density at radius 1 is 1.25 bits per heavy atom. The average Bonchev–Trinajstić information content (AvgIpc) is 2.33. The Labute approximate surface area is 98.3 Å². The molecule has 0 saturated carbocycles. The molecular formula is C12H24N2O2. The van der Waals surface area contributed by atoms with Crippen molar-refractivity contribution in [2.75, 3.05) is 46.0 Å². The molecule has 4 nitrogen and oxygen atoms in total. The number of hydrogen-bond acceptors (Lipinski definition) is 4. The smallest absolute Gasteiger partial charge is 0.0936 e. The summed E-state index contributed by atoms with van der Waals surface area (Å²) in [6, 6.07) is 0.727. The van der Waals surface area contributed by atoms with Crippen LogP contribution in [0.3, 0.4) is 0 Å². The Kier molecular flexibility index (Phi) is 5.03. The minimum Gasteiger partial charge on any atom is -0.376 e. The highest BCUT2D eigenvalue weighted by Gasteiger charge is 2.22. The molecule has 4 heteroatoms. The van der Waals surface area contributed by atoms with Crippen molar-refractivity contribution < 1.29 is 9.47 Å². The van der Waals surface area contributed by atoms with Crippen LogP contribution in [0.25, 0.3) is 0 Å². The molecule has 2 rings (SSSR count). The Bertz CT molecular complexity index is 187. The number of nitrogens with one attached hydrogen (secondary N) is 1. The number of hydrogen-bond donors (Lipinski definition) is 1. The van der Waals surface area contributed by atoms with E-state index >= 15 is 0 Å². The van der Waals surface area contributed by atoms with Crippen LogP contribution in [-0.2, 0) is 9.47 Å². The van der Waals surface area contributed by atoms with Crippen LogP contribution in [0.1, 0.15) is 19.8 Å². The minimum atomic E-state index is 0.296. The summed E-state index contributed by atoms with van der Waals surface area (Å²) in [5, 5.41) is 3.53. The highest BCUT2D eigenvalue weighted by Crippen LogP contribution is 2.12. The summed E-state index contributed by atoms with van der Waals surface area (Å²) in [5.74, 6) is 0. The molecule has 2 aliphatic rings. The zero-order valence-corrected chi connectivity index (χ0v) is 10.3. The van der Waals surface area contributed by atoms with Crippen LogP contribution in [0.15, 0.2) is 0 Å². The van der Waals surface area contributed by atoms with E-state index < -0.39 is 0 Å². The number of ether oxygens (including phenoxy) is 2. The normalized spacial score (nSPS) is 29.4. The van der Waals surface area contributed by atoms with Crippen molar-refractivity contribution in [2.45, 2.75) is 31.9 Å². The van der Waals surface area contributed by atoms with Gasteiger partial charge < -0.3 is 19.7 Å². The van der Waals surface area contributed by atoms with Crippen molar-refractivity contribution in [1.29, 1.82) is 0 Å². The first-order valence-corrected chi connectivity index (χ1v) is 6.53. The Morgan fingerprint density at radius 3 is 2.69 bits per heavy atom. The summed E-state index contributed by atoms with van der Waals surface area (Å²) in [5.41, 5.74) is 0. The van der Waals surface area contributed by atoms with Crippen LogP contribution in [0, 0.1) is 0 Å². The lowest BCUT2D eigenvalue weighted by Crippen LogP contribution is -2.47. The fraction of sp³-hybridized carbons (Fsp3) is 1.00. The Morgan fingerprint density at radius 2 is 2.06 bits per heavy atom. The van der Waals surface area contributed by atoms with Gasteiger partial charge in [-0.05, 0) is 32.5 Å². The lowest BCUT2D eigenvalue weighted by Gasteiger charge is -2.35. The van der Waals surface area contributed by atoms with Crippen molar-refractivity contribution in [3.05, 3.63) is 0 Å². The quantitative estimate of drug-likeness (QED) is 0.758. The third kappa shape index (κ3) is 3.70. The number of nitrogens with zero attached hydrogens (tertiary/aromatic N) is 1. The van der Waals surface area contributed by atoms with Crippen LogP contribution >= 0.6 is 0 Å². The van der Waals surface area contributed by atoms with E-state index in [1.807, 2.05) is 0 Å². The van der Waals surface area contributed by atoms with Gasteiger partial charge in [0.2, 0.25) is 0 Å². The SMILES string of the molecule is CCNC1CCN(CC2COCCO2)CC1. The van der Waals surface area contributed by atoms with Crippen molar-refractivity contribution in [3.63, 3.8) is 0 Å². The second kappa shape index (κ2) is 6.55. The molecule has 0 bridgehead atoms. The molecular weight excluding hydrogens is 204 g/mol. The molecule has 0 aliphatic carbocycles. The van der Waals surface area contributed by atoms with Gasteiger partial charge in [-0.3, -0.25) is 0 Å². The second-order valence-electron chi connectivity index (χ2n) is 4.70. The minimum absolute atomic E-state index is 0.296. The molecule has 0 radical (unpaired) electrons. The summed E-state index contributed by atoms with van der Waals surface area (Å²) in [7, 11) is 0. The maximum absolute atomic E-state index is 5.67. The highest BCUT2D eigenvalue weighted by atomic mass is 16.6. The van der Waals surface area contributed by atoms with E-state index in [-0.39, 0.29) is 0 Å². The monoisotopic (exact) mass is 228 g/mol.